The van der Waals surface area contributed by atoms with Gasteiger partial charge in [0.2, 0.25) is 0 Å². The van der Waals surface area contributed by atoms with Crippen molar-refractivity contribution >= 4 is 5.69 Å². The molecule has 1 N–H and O–H groups in total. The van der Waals surface area contributed by atoms with Gasteiger partial charge in [-0.3, -0.25) is 15.4 Å². The summed E-state index contributed by atoms with van der Waals surface area (Å²) >= 11 is 0. The second-order valence-corrected chi connectivity index (χ2v) is 2.20. The molecule has 1 aromatic carbocycles. The van der Waals surface area contributed by atoms with Crippen LogP contribution in [0.1, 0.15) is 5.56 Å². The maximum atomic E-state index is 10.2. The fourth-order valence-corrected chi connectivity index (χ4v) is 0.788. The molecule has 0 aliphatic rings. The Labute approximate surface area is 68.3 Å². The standard InChI is InChI=1S/C7H7NO4/c9-8(10)7-3-1-6(2-4-7)5-12-11/h1-4,11H,5H2. The zero-order valence-corrected chi connectivity index (χ0v) is 6.14. The lowest BCUT2D eigenvalue weighted by Crippen LogP contribution is -1.90. The highest BCUT2D eigenvalue weighted by atomic mass is 17.1. The Kier molecular flexibility index (Phi) is 2.73. The van der Waals surface area contributed by atoms with Crippen molar-refractivity contribution in [2.75, 3.05) is 0 Å². The van der Waals surface area contributed by atoms with Crippen LogP contribution in [0.2, 0.25) is 0 Å². The highest BCUT2D eigenvalue weighted by Crippen LogP contribution is 2.11. The Morgan fingerprint density at radius 2 is 2.00 bits per heavy atom. The molecular weight excluding hydrogens is 162 g/mol. The van der Waals surface area contributed by atoms with E-state index in [0.29, 0.717) is 5.56 Å². The van der Waals surface area contributed by atoms with Crippen molar-refractivity contribution in [2.45, 2.75) is 6.61 Å². The molecule has 5 nitrogen and oxygen atoms in total. The molecule has 64 valence electrons. The molecule has 0 spiro atoms. The van der Waals surface area contributed by atoms with Gasteiger partial charge in [-0.2, -0.15) is 0 Å². The van der Waals surface area contributed by atoms with E-state index in [1.54, 1.807) is 0 Å². The van der Waals surface area contributed by atoms with Crippen LogP contribution in [0.3, 0.4) is 0 Å². The Morgan fingerprint density at radius 1 is 1.42 bits per heavy atom. The molecule has 5 heteroatoms. The van der Waals surface area contributed by atoms with E-state index in [9.17, 15) is 10.1 Å². The van der Waals surface area contributed by atoms with Crippen molar-refractivity contribution in [3.05, 3.63) is 39.9 Å². The van der Waals surface area contributed by atoms with E-state index in [1.807, 2.05) is 0 Å². The van der Waals surface area contributed by atoms with Gasteiger partial charge in [0.15, 0.2) is 0 Å². The monoisotopic (exact) mass is 169 g/mol. The van der Waals surface area contributed by atoms with Crippen molar-refractivity contribution < 1.29 is 15.1 Å². The molecule has 0 aliphatic heterocycles. The molecule has 1 rings (SSSR count). The highest BCUT2D eigenvalue weighted by molar-refractivity contribution is 5.32. The lowest BCUT2D eigenvalue weighted by atomic mass is 10.2. The number of nitro benzene ring substituents is 1. The Balaban J connectivity index is 2.78. The number of benzene rings is 1. The lowest BCUT2D eigenvalue weighted by molar-refractivity contribution is -0.384. The summed E-state index contributed by atoms with van der Waals surface area (Å²) < 4.78 is 0. The van der Waals surface area contributed by atoms with E-state index >= 15 is 0 Å². The lowest BCUT2D eigenvalue weighted by Gasteiger charge is -1.95. The quantitative estimate of drug-likeness (QED) is 0.423. The van der Waals surface area contributed by atoms with Gasteiger partial charge in [0.05, 0.1) is 4.92 Å². The molecule has 12 heavy (non-hydrogen) atoms. The number of hydrogen-bond acceptors (Lipinski definition) is 4. The van der Waals surface area contributed by atoms with E-state index in [0.717, 1.165) is 0 Å². The molecule has 0 unspecified atom stereocenters. The van der Waals surface area contributed by atoms with Crippen molar-refractivity contribution in [1.82, 2.24) is 0 Å². The average molecular weight is 169 g/mol. The molecule has 1 aromatic rings. The zero-order valence-electron chi connectivity index (χ0n) is 6.14. The summed E-state index contributed by atoms with van der Waals surface area (Å²) in [5, 5.41) is 18.3. The summed E-state index contributed by atoms with van der Waals surface area (Å²) in [5.74, 6) is 0. The van der Waals surface area contributed by atoms with Gasteiger partial charge in [0.1, 0.15) is 6.61 Å². The number of nitro groups is 1. The summed E-state index contributed by atoms with van der Waals surface area (Å²) in [5.41, 5.74) is 0.708. The molecule has 0 saturated heterocycles. The largest absolute Gasteiger partial charge is 0.269 e. The molecular formula is C7H7NO4. The van der Waals surface area contributed by atoms with Gasteiger partial charge in [-0.05, 0) is 17.7 Å². The molecule has 0 saturated carbocycles. The van der Waals surface area contributed by atoms with Gasteiger partial charge in [-0.15, -0.1) is 0 Å². The average Bonchev–Trinajstić information content (AvgIpc) is 2.06. The maximum Gasteiger partial charge on any atom is 0.269 e. The third-order valence-electron chi connectivity index (χ3n) is 1.38. The van der Waals surface area contributed by atoms with Crippen molar-refractivity contribution in [3.8, 4) is 0 Å². The minimum Gasteiger partial charge on any atom is -0.258 e. The van der Waals surface area contributed by atoms with Crippen LogP contribution in [-0.4, -0.2) is 10.2 Å². The zero-order chi connectivity index (χ0) is 8.97. The summed E-state index contributed by atoms with van der Waals surface area (Å²) in [4.78, 5) is 13.6. The Morgan fingerprint density at radius 3 is 2.42 bits per heavy atom. The van der Waals surface area contributed by atoms with Gasteiger partial charge in [-0.25, -0.2) is 4.89 Å². The molecule has 0 amide bonds. The maximum absolute atomic E-state index is 10.2. The first-order chi connectivity index (χ1) is 5.74. The third-order valence-corrected chi connectivity index (χ3v) is 1.38. The molecule has 0 atom stereocenters. The number of nitrogens with zero attached hydrogens (tertiary/aromatic N) is 1. The van der Waals surface area contributed by atoms with Crippen molar-refractivity contribution in [3.63, 3.8) is 0 Å². The predicted octanol–water partition coefficient (Wildman–Crippen LogP) is 1.58. The minimum atomic E-state index is -0.483. The van der Waals surface area contributed by atoms with E-state index < -0.39 is 4.92 Å². The summed E-state index contributed by atoms with van der Waals surface area (Å²) in [6, 6.07) is 5.76. The SMILES string of the molecule is O=[N+]([O-])c1ccc(COO)cc1. The molecule has 0 aliphatic carbocycles. The van der Waals surface area contributed by atoms with Crippen molar-refractivity contribution in [2.24, 2.45) is 0 Å². The number of non-ortho nitro benzene ring substituents is 1. The molecule has 0 aromatic heterocycles. The number of rotatable bonds is 3. The fraction of sp³-hybridized carbons (Fsp3) is 0.143. The number of hydrogen-bond donors (Lipinski definition) is 1. The second-order valence-electron chi connectivity index (χ2n) is 2.20. The highest BCUT2D eigenvalue weighted by Gasteiger charge is 2.02. The molecule has 0 heterocycles. The third kappa shape index (κ3) is 2.01. The van der Waals surface area contributed by atoms with E-state index in [4.69, 9.17) is 5.26 Å². The first-order valence-electron chi connectivity index (χ1n) is 3.23. The second kappa shape index (κ2) is 3.80. The summed E-state index contributed by atoms with van der Waals surface area (Å²) in [6.07, 6.45) is 0. The first-order valence-corrected chi connectivity index (χ1v) is 3.23. The molecule has 0 fully saturated rings. The minimum absolute atomic E-state index is 0.0247. The predicted molar refractivity (Wildman–Crippen MR) is 40.5 cm³/mol. The van der Waals surface area contributed by atoms with Crippen molar-refractivity contribution in [1.29, 1.82) is 0 Å². The van der Waals surface area contributed by atoms with Crippen LogP contribution in [0.25, 0.3) is 0 Å². The summed E-state index contributed by atoms with van der Waals surface area (Å²) in [6.45, 7) is 0.0397. The van der Waals surface area contributed by atoms with Crippen LogP contribution in [0.15, 0.2) is 24.3 Å². The van der Waals surface area contributed by atoms with E-state index in [1.165, 1.54) is 24.3 Å². The van der Waals surface area contributed by atoms with Crippen LogP contribution in [0.4, 0.5) is 5.69 Å². The van der Waals surface area contributed by atoms with Gasteiger partial charge in [0.25, 0.3) is 5.69 Å². The van der Waals surface area contributed by atoms with E-state index in [2.05, 4.69) is 4.89 Å². The van der Waals surface area contributed by atoms with Crippen LogP contribution in [-0.2, 0) is 11.5 Å². The Hall–Kier alpha value is -1.46. The van der Waals surface area contributed by atoms with Crippen LogP contribution in [0.5, 0.6) is 0 Å². The molecule has 0 radical (unpaired) electrons. The van der Waals surface area contributed by atoms with Gasteiger partial charge >= 0.3 is 0 Å². The Bertz CT molecular complexity index is 269. The van der Waals surface area contributed by atoms with Crippen LogP contribution >= 0.6 is 0 Å². The first kappa shape index (κ1) is 8.63. The van der Waals surface area contributed by atoms with Crippen LogP contribution < -0.4 is 0 Å². The smallest absolute Gasteiger partial charge is 0.258 e. The van der Waals surface area contributed by atoms with Crippen LogP contribution in [0, 0.1) is 10.1 Å². The summed E-state index contributed by atoms with van der Waals surface area (Å²) in [7, 11) is 0. The normalized spacial score (nSPS) is 9.75. The fourth-order valence-electron chi connectivity index (χ4n) is 0.788. The van der Waals surface area contributed by atoms with Gasteiger partial charge in [-0.1, -0.05) is 0 Å². The molecule has 0 bridgehead atoms. The van der Waals surface area contributed by atoms with Gasteiger partial charge in [0, 0.05) is 12.1 Å². The van der Waals surface area contributed by atoms with E-state index in [-0.39, 0.29) is 12.3 Å². The van der Waals surface area contributed by atoms with Gasteiger partial charge < -0.3 is 0 Å². The topological polar surface area (TPSA) is 72.6 Å².